The Morgan fingerprint density at radius 3 is 1.73 bits per heavy atom. The Morgan fingerprint density at radius 1 is 0.864 bits per heavy atom. The highest BCUT2D eigenvalue weighted by Gasteiger charge is 2.22. The Hall–Kier alpha value is -1.49. The molecule has 0 spiro atoms. The van der Waals surface area contributed by atoms with Crippen molar-refractivity contribution in [2.75, 3.05) is 14.2 Å². The van der Waals surface area contributed by atoms with E-state index < -0.39 is 7.82 Å². The number of benzene rings is 2. The van der Waals surface area contributed by atoms with Crippen molar-refractivity contribution in [2.45, 2.75) is 13.2 Å². The molecule has 0 radical (unpaired) electrons. The molecule has 1 N–H and O–H groups in total. The van der Waals surface area contributed by atoms with Gasteiger partial charge < -0.3 is 5.11 Å². The van der Waals surface area contributed by atoms with Gasteiger partial charge in [-0.25, -0.2) is 4.57 Å². The van der Waals surface area contributed by atoms with Gasteiger partial charge in [-0.1, -0.05) is 48.5 Å². The Kier molecular flexibility index (Phi) is 5.89. The van der Waals surface area contributed by atoms with Crippen LogP contribution in [0.5, 0.6) is 0 Å². The smallest absolute Gasteiger partial charge is 0.392 e. The summed E-state index contributed by atoms with van der Waals surface area (Å²) in [4.78, 5) is 0. The third-order valence-corrected chi connectivity index (χ3v) is 4.60. The normalized spacial score (nSPS) is 11.6. The molecule has 2 aromatic carbocycles. The van der Waals surface area contributed by atoms with E-state index in [-0.39, 0.29) is 13.2 Å². The van der Waals surface area contributed by atoms with Gasteiger partial charge in [0.2, 0.25) is 0 Å². The number of rotatable bonds is 7. The van der Waals surface area contributed by atoms with Gasteiger partial charge in [-0.05, 0) is 22.3 Å². The van der Waals surface area contributed by atoms with E-state index in [2.05, 4.69) is 0 Å². The molecule has 0 unspecified atom stereocenters. The summed E-state index contributed by atoms with van der Waals surface area (Å²) >= 11 is 0. The fourth-order valence-corrected chi connectivity index (χ4v) is 2.60. The number of aliphatic hydroxyl groups excluding tert-OH is 1. The monoisotopic (exact) mass is 322 g/mol. The van der Waals surface area contributed by atoms with Gasteiger partial charge in [0, 0.05) is 14.2 Å². The van der Waals surface area contributed by atoms with Gasteiger partial charge in [0.1, 0.15) is 0 Å². The molecule has 2 rings (SSSR count). The maximum atomic E-state index is 11.8. The van der Waals surface area contributed by atoms with Crippen molar-refractivity contribution in [2.24, 2.45) is 0 Å². The highest BCUT2D eigenvalue weighted by Crippen LogP contribution is 2.48. The average Bonchev–Trinajstić information content (AvgIpc) is 2.60. The molecule has 0 bridgehead atoms. The zero-order valence-corrected chi connectivity index (χ0v) is 13.5. The maximum absolute atomic E-state index is 11.8. The topological polar surface area (TPSA) is 65.0 Å². The standard InChI is InChI=1S/C16H19O5P/c1-19-22(18,20-2)21-12-14-5-9-16(10-6-14)15-7-3-13(11-17)4-8-15/h3-10,17H,11-12H2,1-2H3. The van der Waals surface area contributed by atoms with Gasteiger partial charge >= 0.3 is 7.82 Å². The maximum Gasteiger partial charge on any atom is 0.474 e. The summed E-state index contributed by atoms with van der Waals surface area (Å²) in [6.07, 6.45) is 0. The van der Waals surface area contributed by atoms with E-state index in [1.807, 2.05) is 48.5 Å². The first kappa shape index (κ1) is 16.9. The molecule has 0 atom stereocenters. The van der Waals surface area contributed by atoms with Gasteiger partial charge in [0.05, 0.1) is 13.2 Å². The van der Waals surface area contributed by atoms with Crippen LogP contribution in [0.25, 0.3) is 11.1 Å². The molecule has 6 heteroatoms. The first-order chi connectivity index (χ1) is 10.6. The minimum atomic E-state index is -3.45. The molecule has 0 aliphatic rings. The van der Waals surface area contributed by atoms with E-state index in [1.54, 1.807) is 0 Å². The predicted octanol–water partition coefficient (Wildman–Crippen LogP) is 3.76. The Labute approximate surface area is 130 Å². The lowest BCUT2D eigenvalue weighted by molar-refractivity contribution is 0.146. The Morgan fingerprint density at radius 2 is 1.32 bits per heavy atom. The van der Waals surface area contributed by atoms with Crippen molar-refractivity contribution < 1.29 is 23.2 Å². The van der Waals surface area contributed by atoms with Crippen molar-refractivity contribution in [1.82, 2.24) is 0 Å². The predicted molar refractivity (Wildman–Crippen MR) is 84.2 cm³/mol. The molecule has 0 saturated heterocycles. The van der Waals surface area contributed by atoms with Gasteiger partial charge in [0.25, 0.3) is 0 Å². The van der Waals surface area contributed by atoms with Crippen LogP contribution >= 0.6 is 7.82 Å². The molecule has 5 nitrogen and oxygen atoms in total. The minimum absolute atomic E-state index is 0.0373. The summed E-state index contributed by atoms with van der Waals surface area (Å²) in [5, 5.41) is 9.04. The van der Waals surface area contributed by atoms with Gasteiger partial charge in [0.15, 0.2) is 0 Å². The lowest BCUT2D eigenvalue weighted by Gasteiger charge is -2.13. The van der Waals surface area contributed by atoms with Crippen molar-refractivity contribution in [3.05, 3.63) is 59.7 Å². The van der Waals surface area contributed by atoms with Crippen LogP contribution in [0.1, 0.15) is 11.1 Å². The lowest BCUT2D eigenvalue weighted by Crippen LogP contribution is -1.95. The van der Waals surface area contributed by atoms with Crippen LogP contribution in [0.4, 0.5) is 0 Å². The van der Waals surface area contributed by atoms with Gasteiger partial charge in [-0.2, -0.15) is 0 Å². The van der Waals surface area contributed by atoms with E-state index in [1.165, 1.54) is 14.2 Å². The molecule has 0 heterocycles. The number of aliphatic hydroxyl groups is 1. The van der Waals surface area contributed by atoms with E-state index in [0.29, 0.717) is 0 Å². The molecule has 118 valence electrons. The number of hydrogen-bond donors (Lipinski definition) is 1. The second-order valence-electron chi connectivity index (χ2n) is 4.64. The quantitative estimate of drug-likeness (QED) is 0.786. The van der Waals surface area contributed by atoms with E-state index in [4.69, 9.17) is 18.7 Å². The highest BCUT2D eigenvalue weighted by molar-refractivity contribution is 7.48. The molecule has 0 aromatic heterocycles. The molecule has 0 fully saturated rings. The summed E-state index contributed by atoms with van der Waals surface area (Å²) in [6.45, 7) is 0.179. The van der Waals surface area contributed by atoms with E-state index >= 15 is 0 Å². The molecular formula is C16H19O5P. The van der Waals surface area contributed by atoms with Crippen molar-refractivity contribution >= 4 is 7.82 Å². The summed E-state index contributed by atoms with van der Waals surface area (Å²) in [5.41, 5.74) is 3.85. The number of phosphoric acid groups is 1. The zero-order valence-electron chi connectivity index (χ0n) is 12.6. The third kappa shape index (κ3) is 4.26. The van der Waals surface area contributed by atoms with Crippen LogP contribution in [0.2, 0.25) is 0 Å². The number of phosphoric ester groups is 1. The first-order valence-electron chi connectivity index (χ1n) is 6.75. The fraction of sp³-hybridized carbons (Fsp3) is 0.250. The van der Waals surface area contributed by atoms with Crippen LogP contribution < -0.4 is 0 Å². The summed E-state index contributed by atoms with van der Waals surface area (Å²) in [5.74, 6) is 0. The summed E-state index contributed by atoms with van der Waals surface area (Å²) in [6, 6.07) is 15.4. The largest absolute Gasteiger partial charge is 0.474 e. The highest BCUT2D eigenvalue weighted by atomic mass is 31.2. The van der Waals surface area contributed by atoms with Crippen molar-refractivity contribution in [3.63, 3.8) is 0 Å². The zero-order chi connectivity index (χ0) is 16.0. The lowest BCUT2D eigenvalue weighted by atomic mass is 10.0. The first-order valence-corrected chi connectivity index (χ1v) is 8.21. The van der Waals surface area contributed by atoms with Crippen LogP contribution in [0.15, 0.2) is 48.5 Å². The minimum Gasteiger partial charge on any atom is -0.392 e. The van der Waals surface area contributed by atoms with Crippen LogP contribution in [-0.4, -0.2) is 19.3 Å². The molecule has 0 saturated carbocycles. The third-order valence-electron chi connectivity index (χ3n) is 3.26. The molecule has 22 heavy (non-hydrogen) atoms. The fourth-order valence-electron chi connectivity index (χ4n) is 1.93. The van der Waals surface area contributed by atoms with Crippen molar-refractivity contribution in [3.8, 4) is 11.1 Å². The molecule has 0 aliphatic carbocycles. The second-order valence-corrected chi connectivity index (χ2v) is 6.52. The molecular weight excluding hydrogens is 303 g/mol. The molecule has 2 aromatic rings. The van der Waals surface area contributed by atoms with Crippen LogP contribution in [0, 0.1) is 0 Å². The van der Waals surface area contributed by atoms with Gasteiger partial charge in [-0.3, -0.25) is 13.6 Å². The average molecular weight is 322 g/mol. The summed E-state index contributed by atoms with van der Waals surface area (Å²) < 4.78 is 26.4. The van der Waals surface area contributed by atoms with E-state index in [9.17, 15) is 4.57 Å². The molecule has 0 aliphatic heterocycles. The van der Waals surface area contributed by atoms with Crippen LogP contribution in [-0.2, 0) is 31.4 Å². The van der Waals surface area contributed by atoms with Crippen molar-refractivity contribution in [1.29, 1.82) is 0 Å². The SMILES string of the molecule is COP(=O)(OC)OCc1ccc(-c2ccc(CO)cc2)cc1. The van der Waals surface area contributed by atoms with E-state index in [0.717, 1.165) is 22.3 Å². The summed E-state index contributed by atoms with van der Waals surface area (Å²) in [7, 11) is -0.887. The Bertz CT molecular complexity index is 629. The molecule has 0 amide bonds. The Balaban J connectivity index is 2.05. The van der Waals surface area contributed by atoms with Gasteiger partial charge in [-0.15, -0.1) is 0 Å². The van der Waals surface area contributed by atoms with Crippen LogP contribution in [0.3, 0.4) is 0 Å². The number of hydrogen-bond acceptors (Lipinski definition) is 5. The second kappa shape index (κ2) is 7.68.